The first-order valence-corrected chi connectivity index (χ1v) is 25.9. The van der Waals surface area contributed by atoms with Gasteiger partial charge in [0.05, 0.1) is 12.1 Å². The first kappa shape index (κ1) is 52.9. The fourth-order valence-electron chi connectivity index (χ4n) is 9.55. The van der Waals surface area contributed by atoms with Gasteiger partial charge in [0.1, 0.15) is 0 Å². The number of anilines is 4. The second kappa shape index (κ2) is 28.2. The number of carbonyl (C=O) groups is 5. The van der Waals surface area contributed by atoms with Crippen LogP contribution in [0.25, 0.3) is 10.8 Å². The van der Waals surface area contributed by atoms with Gasteiger partial charge in [-0.25, -0.2) is 24.0 Å². The van der Waals surface area contributed by atoms with Gasteiger partial charge < -0.3 is 41.3 Å². The number of nitrogens with zero attached hydrogens (tertiary/aromatic N) is 3. The number of para-hydroxylation sites is 4. The van der Waals surface area contributed by atoms with Crippen molar-refractivity contribution in [1.29, 1.82) is 0 Å². The van der Waals surface area contributed by atoms with Crippen LogP contribution in [-0.2, 0) is 6.42 Å². The lowest BCUT2D eigenvalue weighted by Crippen LogP contribution is -2.56. The zero-order valence-corrected chi connectivity index (χ0v) is 42.0. The minimum atomic E-state index is -0.744. The van der Waals surface area contributed by atoms with Crippen molar-refractivity contribution >= 4 is 63.7 Å². The predicted molar refractivity (Wildman–Crippen MR) is 294 cm³/mol. The van der Waals surface area contributed by atoms with Crippen molar-refractivity contribution in [2.24, 2.45) is 5.92 Å². The van der Waals surface area contributed by atoms with Crippen LogP contribution in [0.5, 0.6) is 0 Å². The van der Waals surface area contributed by atoms with Crippen molar-refractivity contribution < 1.29 is 24.0 Å². The van der Waals surface area contributed by atoms with Crippen LogP contribution in [-0.4, -0.2) is 90.2 Å². The van der Waals surface area contributed by atoms with Crippen molar-refractivity contribution in [1.82, 2.24) is 25.3 Å². The number of carbonyl (C=O) groups excluding carboxylic acids is 5. The van der Waals surface area contributed by atoms with E-state index in [-0.39, 0.29) is 25.2 Å². The van der Waals surface area contributed by atoms with E-state index in [9.17, 15) is 24.0 Å². The highest BCUT2D eigenvalue weighted by Crippen LogP contribution is 2.28. The number of rotatable bonds is 22. The summed E-state index contributed by atoms with van der Waals surface area (Å²) < 4.78 is 0. The average molecular weight is 986 g/mol. The molecule has 1 unspecified atom stereocenters. The molecule has 0 heterocycles. The Morgan fingerprint density at radius 2 is 1.04 bits per heavy atom. The first-order valence-electron chi connectivity index (χ1n) is 25.9. The molecule has 0 saturated heterocycles. The number of nitrogens with one attached hydrogen (secondary N) is 6. The molecule has 6 aromatic carbocycles. The standard InChI is InChI=1S/C59H71N9O5/c1-66(57(71)62-50-30-11-4-12-31-50)53(36-20-22-40-67(58(72)63-51-32-13-5-14-33-51)39-21-19-25-45-23-7-2-8-24-45)44-68(59(73)64-52-34-15-6-16-35-52)54(42-46-37-38-47-26-17-18-27-48(47)41-46)43-60-55(69)65-56(70)61-49-28-9-3-10-29-49/h3-6,9-18,26-35,37-38,41,45,53-54H,2,7-8,19-25,36,39-40,42-44H2,1H3,(H,62,71)(H,63,72)(H,64,73)(H3,60,61,65,69,70)/t53?,54-/m1/s1. The average Bonchev–Trinajstić information content (AvgIpc) is 3.41. The Morgan fingerprint density at radius 1 is 0.521 bits per heavy atom. The first-order chi connectivity index (χ1) is 35.7. The van der Waals surface area contributed by atoms with Gasteiger partial charge >= 0.3 is 30.2 Å². The van der Waals surface area contributed by atoms with E-state index < -0.39 is 30.2 Å². The van der Waals surface area contributed by atoms with Gasteiger partial charge in [-0.2, -0.15) is 0 Å². The van der Waals surface area contributed by atoms with E-state index in [1.165, 1.54) is 38.5 Å². The molecule has 10 amide bonds. The van der Waals surface area contributed by atoms with Gasteiger partial charge in [-0.05, 0) is 103 Å². The summed E-state index contributed by atoms with van der Waals surface area (Å²) in [6.07, 6.45) is 11.8. The summed E-state index contributed by atoms with van der Waals surface area (Å²) in [5.74, 6) is 0.772. The third-order valence-corrected chi connectivity index (χ3v) is 13.6. The Hall–Kier alpha value is -7.87. The molecular formula is C59H71N9O5. The van der Waals surface area contributed by atoms with Crippen LogP contribution in [0, 0.1) is 5.92 Å². The van der Waals surface area contributed by atoms with Crippen LogP contribution in [0.4, 0.5) is 46.7 Å². The van der Waals surface area contributed by atoms with Crippen molar-refractivity contribution in [3.8, 4) is 0 Å². The highest BCUT2D eigenvalue weighted by atomic mass is 16.2. The molecule has 6 aromatic rings. The molecule has 1 fully saturated rings. The van der Waals surface area contributed by atoms with Gasteiger partial charge in [-0.3, -0.25) is 5.32 Å². The van der Waals surface area contributed by atoms with Crippen LogP contribution >= 0.6 is 0 Å². The van der Waals surface area contributed by atoms with Crippen LogP contribution in [0.3, 0.4) is 0 Å². The Bertz CT molecular complexity index is 2650. The Labute approximate surface area is 430 Å². The zero-order chi connectivity index (χ0) is 51.0. The molecule has 6 N–H and O–H groups in total. The lowest BCUT2D eigenvalue weighted by molar-refractivity contribution is 0.143. The minimum absolute atomic E-state index is 0.0433. The largest absolute Gasteiger partial charge is 0.336 e. The number of hydrogen-bond donors (Lipinski definition) is 6. The van der Waals surface area contributed by atoms with E-state index in [1.54, 1.807) is 53.2 Å². The lowest BCUT2D eigenvalue weighted by atomic mass is 9.86. The highest BCUT2D eigenvalue weighted by Gasteiger charge is 2.31. The van der Waals surface area contributed by atoms with Gasteiger partial charge in [0.15, 0.2) is 0 Å². The number of hydrogen-bond acceptors (Lipinski definition) is 5. The zero-order valence-electron chi connectivity index (χ0n) is 42.0. The molecule has 1 aliphatic carbocycles. The van der Waals surface area contributed by atoms with Crippen LogP contribution < -0.4 is 31.9 Å². The van der Waals surface area contributed by atoms with Crippen LogP contribution in [0.2, 0.25) is 0 Å². The molecule has 1 saturated carbocycles. The molecule has 0 radical (unpaired) electrons. The van der Waals surface area contributed by atoms with Gasteiger partial charge in [0, 0.05) is 56.0 Å². The molecule has 1 aliphatic rings. The molecule has 0 aromatic heterocycles. The molecule has 0 spiro atoms. The Morgan fingerprint density at radius 3 is 1.64 bits per heavy atom. The van der Waals surface area contributed by atoms with Gasteiger partial charge in [-0.1, -0.05) is 160 Å². The summed E-state index contributed by atoms with van der Waals surface area (Å²) in [5.41, 5.74) is 3.38. The molecule has 14 nitrogen and oxygen atoms in total. The van der Waals surface area contributed by atoms with Gasteiger partial charge in [0.2, 0.25) is 0 Å². The number of likely N-dealkylation sites (N-methyl/N-ethyl adjacent to an activating group) is 1. The number of unbranched alkanes of at least 4 members (excludes halogenated alkanes) is 2. The molecule has 382 valence electrons. The van der Waals surface area contributed by atoms with E-state index in [0.29, 0.717) is 55.8 Å². The SMILES string of the molecule is CN(C(=O)Nc1ccccc1)C(CCCCN(CCCCC1CCCCC1)C(=O)Nc1ccccc1)CN(C(=O)Nc1ccccc1)[C@@H](CNC(=O)NC(=O)Nc1ccccc1)Cc1ccc2ccccc2c1. The summed E-state index contributed by atoms with van der Waals surface area (Å²) >= 11 is 0. The number of benzene rings is 6. The van der Waals surface area contributed by atoms with Crippen molar-refractivity contribution in [3.05, 3.63) is 169 Å². The fraction of sp³-hybridized carbons (Fsp3) is 0.339. The van der Waals surface area contributed by atoms with Gasteiger partial charge in [0.25, 0.3) is 0 Å². The van der Waals surface area contributed by atoms with Crippen molar-refractivity contribution in [3.63, 3.8) is 0 Å². The second-order valence-electron chi connectivity index (χ2n) is 19.0. The molecular weight excluding hydrogens is 915 g/mol. The maximum Gasteiger partial charge on any atom is 0.327 e. The topological polar surface area (TPSA) is 167 Å². The van der Waals surface area contributed by atoms with Gasteiger partial charge in [-0.15, -0.1) is 0 Å². The molecule has 73 heavy (non-hydrogen) atoms. The summed E-state index contributed by atoms with van der Waals surface area (Å²) in [7, 11) is 1.73. The van der Waals surface area contributed by atoms with E-state index in [2.05, 4.69) is 38.0 Å². The molecule has 14 heteroatoms. The maximum absolute atomic E-state index is 14.9. The second-order valence-corrected chi connectivity index (χ2v) is 19.0. The van der Waals surface area contributed by atoms with E-state index in [4.69, 9.17) is 0 Å². The fourth-order valence-corrected chi connectivity index (χ4v) is 9.55. The van der Waals surface area contributed by atoms with Crippen molar-refractivity contribution in [2.45, 2.75) is 89.1 Å². The number of fused-ring (bicyclic) bond motifs is 1. The third-order valence-electron chi connectivity index (χ3n) is 13.6. The summed E-state index contributed by atoms with van der Waals surface area (Å²) in [6.45, 7) is 1.17. The van der Waals surface area contributed by atoms with Crippen LogP contribution in [0.1, 0.15) is 76.2 Å². The number of urea groups is 5. The minimum Gasteiger partial charge on any atom is -0.336 e. The monoisotopic (exact) mass is 986 g/mol. The Kier molecular flexibility index (Phi) is 20.5. The van der Waals surface area contributed by atoms with E-state index >= 15 is 0 Å². The number of amides is 10. The van der Waals surface area contributed by atoms with Crippen LogP contribution in [0.15, 0.2) is 164 Å². The smallest absolute Gasteiger partial charge is 0.327 e. The van der Waals surface area contributed by atoms with E-state index in [0.717, 1.165) is 40.8 Å². The summed E-state index contributed by atoms with van der Waals surface area (Å²) in [6, 6.07) is 47.3. The highest BCUT2D eigenvalue weighted by molar-refractivity contribution is 6.00. The quantitative estimate of drug-likeness (QED) is 0.0372. The molecule has 0 bridgehead atoms. The number of imide groups is 1. The molecule has 0 aliphatic heterocycles. The Balaban J connectivity index is 1.13. The lowest BCUT2D eigenvalue weighted by Gasteiger charge is -2.38. The van der Waals surface area contributed by atoms with E-state index in [1.807, 2.05) is 126 Å². The normalized spacial score (nSPS) is 13.2. The molecule has 2 atom stereocenters. The molecule has 7 rings (SSSR count). The third kappa shape index (κ3) is 17.4. The maximum atomic E-state index is 14.9. The van der Waals surface area contributed by atoms with Crippen molar-refractivity contribution in [2.75, 3.05) is 54.5 Å². The predicted octanol–water partition coefficient (Wildman–Crippen LogP) is 12.8. The summed E-state index contributed by atoms with van der Waals surface area (Å²) in [5, 5.41) is 19.2. The summed E-state index contributed by atoms with van der Waals surface area (Å²) in [4.78, 5) is 74.7.